The molecule has 0 radical (unpaired) electrons. The highest BCUT2D eigenvalue weighted by molar-refractivity contribution is 5.39. The second-order valence-corrected chi connectivity index (χ2v) is 4.79. The third kappa shape index (κ3) is 3.03. The number of alkyl halides is 2. The summed E-state index contributed by atoms with van der Waals surface area (Å²) < 4.78 is 24.9. The number of allylic oxidation sites excluding steroid dienone is 6. The molecule has 0 spiro atoms. The van der Waals surface area contributed by atoms with E-state index >= 15 is 0 Å². The predicted molar refractivity (Wildman–Crippen MR) is 63.9 cm³/mol. The molecule has 1 nitrogen and oxygen atoms in total. The van der Waals surface area contributed by atoms with Gasteiger partial charge in [0.05, 0.1) is 0 Å². The summed E-state index contributed by atoms with van der Waals surface area (Å²) in [5.74, 6) is 0.344. The zero-order chi connectivity index (χ0) is 12.3. The maximum Gasteiger partial charge on any atom is 0.260 e. The molecule has 0 aromatic carbocycles. The van der Waals surface area contributed by atoms with Gasteiger partial charge in [0.2, 0.25) is 0 Å². The third-order valence-electron chi connectivity index (χ3n) is 3.61. The lowest BCUT2D eigenvalue weighted by Crippen LogP contribution is -2.13. The van der Waals surface area contributed by atoms with Gasteiger partial charge in [0.15, 0.2) is 0 Å². The molecule has 0 saturated heterocycles. The van der Waals surface area contributed by atoms with Crippen LogP contribution in [-0.4, -0.2) is 18.1 Å². The largest absolute Gasteiger partial charge is 0.396 e. The molecule has 0 aliphatic heterocycles. The maximum atomic E-state index is 12.5. The van der Waals surface area contributed by atoms with E-state index in [2.05, 4.69) is 6.08 Å². The molecule has 0 amide bonds. The Hall–Kier alpha value is -0.960. The molecule has 1 atom stereocenters. The Morgan fingerprint density at radius 3 is 2.65 bits per heavy atom. The lowest BCUT2D eigenvalue weighted by atomic mass is 9.82. The Labute approximate surface area is 101 Å². The fourth-order valence-corrected chi connectivity index (χ4v) is 2.51. The highest BCUT2D eigenvalue weighted by atomic mass is 19.3. The monoisotopic (exact) mass is 240 g/mol. The lowest BCUT2D eigenvalue weighted by molar-refractivity contribution is 0.184. The van der Waals surface area contributed by atoms with Gasteiger partial charge in [-0.25, -0.2) is 8.78 Å². The SMILES string of the molecule is OCC1CCC=C(C2=CC=C(C(F)F)CC2)C1. The Morgan fingerprint density at radius 1 is 1.24 bits per heavy atom. The topological polar surface area (TPSA) is 20.2 Å². The van der Waals surface area contributed by atoms with Gasteiger partial charge < -0.3 is 5.11 Å². The predicted octanol–water partition coefficient (Wildman–Crippen LogP) is 3.62. The van der Waals surface area contributed by atoms with Crippen LogP contribution in [0.3, 0.4) is 0 Å². The molecule has 2 aliphatic rings. The minimum atomic E-state index is -2.32. The number of aliphatic hydroxyl groups is 1. The van der Waals surface area contributed by atoms with E-state index in [4.69, 9.17) is 5.11 Å². The van der Waals surface area contributed by atoms with Crippen LogP contribution in [0.4, 0.5) is 8.78 Å². The van der Waals surface area contributed by atoms with E-state index in [-0.39, 0.29) is 12.2 Å². The van der Waals surface area contributed by atoms with Gasteiger partial charge in [0.25, 0.3) is 6.43 Å². The van der Waals surface area contributed by atoms with Gasteiger partial charge in [-0.05, 0) is 54.7 Å². The lowest BCUT2D eigenvalue weighted by Gasteiger charge is -2.24. The van der Waals surface area contributed by atoms with Gasteiger partial charge >= 0.3 is 0 Å². The van der Waals surface area contributed by atoms with E-state index in [0.29, 0.717) is 18.8 Å². The molecule has 1 unspecified atom stereocenters. The average molecular weight is 240 g/mol. The van der Waals surface area contributed by atoms with Crippen LogP contribution in [0.1, 0.15) is 32.1 Å². The van der Waals surface area contributed by atoms with Crippen molar-refractivity contribution in [2.45, 2.75) is 38.5 Å². The first-order valence-corrected chi connectivity index (χ1v) is 6.18. The van der Waals surface area contributed by atoms with Crippen molar-refractivity contribution >= 4 is 0 Å². The fourth-order valence-electron chi connectivity index (χ4n) is 2.51. The van der Waals surface area contributed by atoms with Crippen LogP contribution >= 0.6 is 0 Å². The molecule has 2 rings (SSSR count). The highest BCUT2D eigenvalue weighted by Crippen LogP contribution is 2.34. The first-order chi connectivity index (χ1) is 8.20. The zero-order valence-electron chi connectivity index (χ0n) is 9.83. The Bertz CT molecular complexity index is 366. The van der Waals surface area contributed by atoms with Crippen LogP contribution in [0.2, 0.25) is 0 Å². The van der Waals surface area contributed by atoms with Crippen LogP contribution in [0.25, 0.3) is 0 Å². The Balaban J connectivity index is 2.07. The summed E-state index contributed by atoms with van der Waals surface area (Å²) >= 11 is 0. The summed E-state index contributed by atoms with van der Waals surface area (Å²) in [5, 5.41) is 9.16. The molecule has 0 aromatic rings. The van der Waals surface area contributed by atoms with Crippen LogP contribution in [0.15, 0.2) is 34.9 Å². The van der Waals surface area contributed by atoms with E-state index in [1.165, 1.54) is 11.1 Å². The quantitative estimate of drug-likeness (QED) is 0.798. The van der Waals surface area contributed by atoms with Crippen molar-refractivity contribution in [3.05, 3.63) is 34.9 Å². The number of hydrogen-bond acceptors (Lipinski definition) is 1. The molecular weight excluding hydrogens is 222 g/mol. The van der Waals surface area contributed by atoms with E-state index in [1.54, 1.807) is 6.08 Å². The van der Waals surface area contributed by atoms with Gasteiger partial charge in [-0.15, -0.1) is 0 Å². The highest BCUT2D eigenvalue weighted by Gasteiger charge is 2.20. The maximum absolute atomic E-state index is 12.5. The second-order valence-electron chi connectivity index (χ2n) is 4.79. The number of hydrogen-bond donors (Lipinski definition) is 1. The number of aliphatic hydroxyl groups excluding tert-OH is 1. The molecule has 0 heterocycles. The second kappa shape index (κ2) is 5.58. The molecule has 3 heteroatoms. The average Bonchev–Trinajstić information content (AvgIpc) is 2.39. The normalized spacial score (nSPS) is 25.4. The van der Waals surface area contributed by atoms with Gasteiger partial charge in [-0.3, -0.25) is 0 Å². The van der Waals surface area contributed by atoms with Gasteiger partial charge in [-0.2, -0.15) is 0 Å². The molecular formula is C14H18F2O. The van der Waals surface area contributed by atoms with Gasteiger partial charge in [0, 0.05) is 6.61 Å². The Morgan fingerprint density at radius 2 is 2.06 bits per heavy atom. The van der Waals surface area contributed by atoms with Crippen molar-refractivity contribution in [3.63, 3.8) is 0 Å². The van der Waals surface area contributed by atoms with E-state index in [1.807, 2.05) is 6.08 Å². The summed E-state index contributed by atoms with van der Waals surface area (Å²) in [6.07, 6.45) is 7.35. The van der Waals surface area contributed by atoms with E-state index in [0.717, 1.165) is 19.3 Å². The fraction of sp³-hybridized carbons (Fsp3) is 0.571. The van der Waals surface area contributed by atoms with Gasteiger partial charge in [0.1, 0.15) is 0 Å². The number of rotatable bonds is 3. The summed E-state index contributed by atoms with van der Waals surface area (Å²) in [6.45, 7) is 0.225. The van der Waals surface area contributed by atoms with Gasteiger partial charge in [-0.1, -0.05) is 18.2 Å². The minimum Gasteiger partial charge on any atom is -0.396 e. The minimum absolute atomic E-state index is 0.225. The van der Waals surface area contributed by atoms with E-state index in [9.17, 15) is 8.78 Å². The van der Waals surface area contributed by atoms with Crippen LogP contribution in [-0.2, 0) is 0 Å². The van der Waals surface area contributed by atoms with Crippen molar-refractivity contribution in [1.82, 2.24) is 0 Å². The first-order valence-electron chi connectivity index (χ1n) is 6.18. The van der Waals surface area contributed by atoms with Crippen molar-refractivity contribution in [2.75, 3.05) is 6.61 Å². The van der Waals surface area contributed by atoms with Crippen LogP contribution in [0, 0.1) is 5.92 Å². The van der Waals surface area contributed by atoms with Crippen molar-refractivity contribution in [1.29, 1.82) is 0 Å². The molecule has 0 fully saturated rings. The molecule has 94 valence electrons. The number of halogens is 2. The summed E-state index contributed by atoms with van der Waals surface area (Å²) in [4.78, 5) is 0. The molecule has 0 bridgehead atoms. The van der Waals surface area contributed by atoms with Crippen molar-refractivity contribution < 1.29 is 13.9 Å². The zero-order valence-corrected chi connectivity index (χ0v) is 9.83. The Kier molecular flexibility index (Phi) is 4.11. The summed E-state index contributed by atoms with van der Waals surface area (Å²) in [7, 11) is 0. The van der Waals surface area contributed by atoms with Crippen molar-refractivity contribution in [3.8, 4) is 0 Å². The molecule has 1 N–H and O–H groups in total. The summed E-state index contributed by atoms with van der Waals surface area (Å²) in [6, 6.07) is 0. The first kappa shape index (κ1) is 12.5. The smallest absolute Gasteiger partial charge is 0.260 e. The molecule has 17 heavy (non-hydrogen) atoms. The standard InChI is InChI=1S/C14H18F2O/c15-14(16)12-6-4-11(5-7-12)13-3-1-2-10(8-13)9-17/h3-4,6,10,14,17H,1-2,5,7-9H2. The van der Waals surface area contributed by atoms with Crippen molar-refractivity contribution in [2.24, 2.45) is 5.92 Å². The molecule has 0 aromatic heterocycles. The third-order valence-corrected chi connectivity index (χ3v) is 3.61. The van der Waals surface area contributed by atoms with Crippen LogP contribution in [0.5, 0.6) is 0 Å². The van der Waals surface area contributed by atoms with Crippen LogP contribution < -0.4 is 0 Å². The van der Waals surface area contributed by atoms with E-state index < -0.39 is 6.43 Å². The molecule has 0 saturated carbocycles. The summed E-state index contributed by atoms with van der Waals surface area (Å²) in [5.41, 5.74) is 2.66. The molecule has 2 aliphatic carbocycles.